The number of carbonyl (C=O) groups is 2. The number of fused-ring (bicyclic) bond motifs is 1. The highest BCUT2D eigenvalue weighted by Gasteiger charge is 2.35. The highest BCUT2D eigenvalue weighted by atomic mass is 79.9. The Morgan fingerprint density at radius 2 is 1.84 bits per heavy atom. The number of hydrogen-bond donors (Lipinski definition) is 2. The van der Waals surface area contributed by atoms with Gasteiger partial charge in [-0.2, -0.15) is 0 Å². The number of nitrogens with two attached hydrogens (primary N) is 1. The quantitative estimate of drug-likeness (QED) is 0.191. The molecule has 0 bridgehead atoms. The first-order valence-corrected chi connectivity index (χ1v) is 16.9. The van der Waals surface area contributed by atoms with Gasteiger partial charge in [0.25, 0.3) is 11.8 Å². The largest absolute Gasteiger partial charge is 0.490 e. The summed E-state index contributed by atoms with van der Waals surface area (Å²) in [6.45, 7) is 1.76. The van der Waals surface area contributed by atoms with Crippen molar-refractivity contribution >= 4 is 45.2 Å². The summed E-state index contributed by atoms with van der Waals surface area (Å²) in [6, 6.07) is 21.1. The number of nitrogen functional groups attached to an aromatic ring is 1. The van der Waals surface area contributed by atoms with Gasteiger partial charge < -0.3 is 20.7 Å². The van der Waals surface area contributed by atoms with Crippen LogP contribution in [0.3, 0.4) is 0 Å². The molecule has 250 valence electrons. The van der Waals surface area contributed by atoms with E-state index in [0.29, 0.717) is 43.4 Å². The van der Waals surface area contributed by atoms with Crippen molar-refractivity contribution in [3.8, 4) is 22.7 Å². The van der Waals surface area contributed by atoms with E-state index in [1.807, 2.05) is 6.92 Å². The van der Waals surface area contributed by atoms with Crippen LogP contribution < -0.4 is 21.5 Å². The van der Waals surface area contributed by atoms with Crippen LogP contribution in [0.1, 0.15) is 51.9 Å². The third kappa shape index (κ3) is 6.45. The standard InChI is InChI=1S/C36H31BrClFN6O4/c1-20-18-44-31(19-43(20)35(47)21-8-15-27(37)28(38)16-21)33(45(36(44)48)22-9-11-23(12-10-22)49-24-13-14-24)34(46)41-17-26-25(4-2-5-29(26)39)30-6-3-7-32(40)42-30/h2-12,15-16,20,24H,13-14,17-19H2,1H3,(H2,40,42)(H,41,46)/t20-/m1/s1. The first-order valence-electron chi connectivity index (χ1n) is 15.7. The number of rotatable bonds is 8. The zero-order valence-corrected chi connectivity index (χ0v) is 28.7. The lowest BCUT2D eigenvalue weighted by Crippen LogP contribution is -2.47. The molecule has 0 unspecified atom stereocenters. The molecule has 3 heterocycles. The fourth-order valence-electron chi connectivity index (χ4n) is 6.04. The van der Waals surface area contributed by atoms with Crippen LogP contribution in [-0.2, 0) is 19.6 Å². The van der Waals surface area contributed by atoms with Crippen molar-refractivity contribution in [3.63, 3.8) is 0 Å². The third-order valence-corrected chi connectivity index (χ3v) is 9.93. The van der Waals surface area contributed by atoms with E-state index < -0.39 is 17.4 Å². The van der Waals surface area contributed by atoms with E-state index in [1.165, 1.54) is 15.2 Å². The molecule has 2 aliphatic rings. The second kappa shape index (κ2) is 13.2. The number of pyridine rings is 1. The van der Waals surface area contributed by atoms with E-state index in [2.05, 4.69) is 26.2 Å². The van der Waals surface area contributed by atoms with Crippen molar-refractivity contribution in [2.75, 3.05) is 5.73 Å². The lowest BCUT2D eigenvalue weighted by molar-refractivity contribution is 0.0610. The number of nitrogens with one attached hydrogen (secondary N) is 1. The predicted molar refractivity (Wildman–Crippen MR) is 187 cm³/mol. The van der Waals surface area contributed by atoms with E-state index in [4.69, 9.17) is 22.1 Å². The van der Waals surface area contributed by atoms with E-state index >= 15 is 4.39 Å². The van der Waals surface area contributed by atoms with Gasteiger partial charge in [-0.1, -0.05) is 29.8 Å². The minimum absolute atomic E-state index is 0.0281. The Bertz CT molecular complexity index is 2160. The molecule has 49 heavy (non-hydrogen) atoms. The molecule has 3 N–H and O–H groups in total. The Kier molecular flexibility index (Phi) is 8.76. The predicted octanol–water partition coefficient (Wildman–Crippen LogP) is 6.35. The lowest BCUT2D eigenvalue weighted by Gasteiger charge is -2.34. The van der Waals surface area contributed by atoms with Crippen molar-refractivity contribution in [2.45, 2.75) is 51.5 Å². The summed E-state index contributed by atoms with van der Waals surface area (Å²) in [7, 11) is 0. The van der Waals surface area contributed by atoms with Crippen LogP contribution in [0, 0.1) is 5.82 Å². The van der Waals surface area contributed by atoms with Gasteiger partial charge in [0.1, 0.15) is 23.1 Å². The molecular formula is C36H31BrClFN6O4. The van der Waals surface area contributed by atoms with Gasteiger partial charge in [-0.05, 0) is 96.4 Å². The average Bonchev–Trinajstić information content (AvgIpc) is 3.86. The molecule has 5 aromatic rings. The number of amides is 2. The number of hydrogen-bond acceptors (Lipinski definition) is 6. The summed E-state index contributed by atoms with van der Waals surface area (Å²) in [6.07, 6.45) is 2.18. The van der Waals surface area contributed by atoms with Gasteiger partial charge in [-0.15, -0.1) is 0 Å². The Morgan fingerprint density at radius 3 is 2.55 bits per heavy atom. The van der Waals surface area contributed by atoms with Crippen LogP contribution in [0.15, 0.2) is 88.1 Å². The maximum absolute atomic E-state index is 15.3. The summed E-state index contributed by atoms with van der Waals surface area (Å²) in [5.41, 5.74) is 7.79. The number of ether oxygens (including phenoxy) is 1. The Balaban J connectivity index is 1.27. The number of aromatic nitrogens is 3. The monoisotopic (exact) mass is 744 g/mol. The normalized spacial score (nSPS) is 15.5. The molecule has 1 aliphatic carbocycles. The zero-order chi connectivity index (χ0) is 34.4. The van der Waals surface area contributed by atoms with Crippen LogP contribution in [0.5, 0.6) is 5.75 Å². The molecule has 0 spiro atoms. The summed E-state index contributed by atoms with van der Waals surface area (Å²) in [4.78, 5) is 48.1. The second-order valence-corrected chi connectivity index (χ2v) is 13.4. The average molecular weight is 746 g/mol. The molecule has 1 saturated carbocycles. The van der Waals surface area contributed by atoms with Gasteiger partial charge in [0.15, 0.2) is 0 Å². The van der Waals surface area contributed by atoms with Crippen LogP contribution >= 0.6 is 27.5 Å². The number of halogens is 3. The lowest BCUT2D eigenvalue weighted by atomic mass is 10.0. The van der Waals surface area contributed by atoms with Crippen LogP contribution in [0.4, 0.5) is 10.2 Å². The SMILES string of the molecule is C[C@@H]1Cn2c(c(C(=O)NCc3c(F)cccc3-c3cccc(N)n3)n(-c3ccc(OC4CC4)cc3)c2=O)CN1C(=O)c1ccc(Br)c(Cl)c1. The Hall–Kier alpha value is -4.94. The topological polar surface area (TPSA) is 124 Å². The first kappa shape index (κ1) is 32.6. The smallest absolute Gasteiger partial charge is 0.333 e. The van der Waals surface area contributed by atoms with Crippen molar-refractivity contribution < 1.29 is 18.7 Å². The fraction of sp³-hybridized carbons (Fsp3) is 0.222. The molecular weight excluding hydrogens is 715 g/mol. The number of nitrogens with zero attached hydrogens (tertiary/aromatic N) is 4. The van der Waals surface area contributed by atoms with Crippen LogP contribution in [0.25, 0.3) is 16.9 Å². The fourth-order valence-corrected chi connectivity index (χ4v) is 6.47. The van der Waals surface area contributed by atoms with Gasteiger partial charge in [-0.25, -0.2) is 14.2 Å². The van der Waals surface area contributed by atoms with Gasteiger partial charge in [-0.3, -0.25) is 18.7 Å². The van der Waals surface area contributed by atoms with Crippen molar-refractivity contribution in [1.29, 1.82) is 0 Å². The second-order valence-electron chi connectivity index (χ2n) is 12.1. The van der Waals surface area contributed by atoms with E-state index in [0.717, 1.165) is 12.8 Å². The molecule has 1 fully saturated rings. The molecule has 13 heteroatoms. The Morgan fingerprint density at radius 1 is 1.08 bits per heavy atom. The minimum Gasteiger partial charge on any atom is -0.490 e. The maximum Gasteiger partial charge on any atom is 0.333 e. The van der Waals surface area contributed by atoms with Crippen LogP contribution in [-0.4, -0.2) is 43.0 Å². The van der Waals surface area contributed by atoms with Crippen molar-refractivity contribution in [1.82, 2.24) is 24.3 Å². The van der Waals surface area contributed by atoms with Gasteiger partial charge in [0.2, 0.25) is 0 Å². The third-order valence-electron chi connectivity index (χ3n) is 8.70. The molecule has 1 aliphatic heterocycles. The first-order chi connectivity index (χ1) is 23.6. The number of anilines is 1. The molecule has 2 aromatic heterocycles. The minimum atomic E-state index is -0.618. The highest BCUT2D eigenvalue weighted by molar-refractivity contribution is 9.10. The van der Waals surface area contributed by atoms with Crippen molar-refractivity contribution in [2.24, 2.45) is 0 Å². The molecule has 0 radical (unpaired) electrons. The molecule has 1 atom stereocenters. The number of carbonyl (C=O) groups excluding carboxylic acids is 2. The van der Waals surface area contributed by atoms with E-state index in [9.17, 15) is 14.4 Å². The van der Waals surface area contributed by atoms with Gasteiger partial charge >= 0.3 is 5.69 Å². The van der Waals surface area contributed by atoms with Crippen molar-refractivity contribution in [3.05, 3.63) is 127 Å². The van der Waals surface area contributed by atoms with E-state index in [1.54, 1.807) is 77.7 Å². The molecule has 10 nitrogen and oxygen atoms in total. The summed E-state index contributed by atoms with van der Waals surface area (Å²) in [5.74, 6) is -0.522. The van der Waals surface area contributed by atoms with Gasteiger partial charge in [0.05, 0.1) is 34.7 Å². The highest BCUT2D eigenvalue weighted by Crippen LogP contribution is 2.30. The molecule has 3 aromatic carbocycles. The zero-order valence-electron chi connectivity index (χ0n) is 26.3. The maximum atomic E-state index is 15.3. The molecule has 7 rings (SSSR count). The summed E-state index contributed by atoms with van der Waals surface area (Å²) >= 11 is 9.66. The summed E-state index contributed by atoms with van der Waals surface area (Å²) in [5, 5.41) is 3.22. The number of benzene rings is 3. The Labute approximate surface area is 294 Å². The van der Waals surface area contributed by atoms with Gasteiger partial charge in [0, 0.05) is 40.3 Å². The van der Waals surface area contributed by atoms with E-state index in [-0.39, 0.29) is 54.8 Å². The van der Waals surface area contributed by atoms with Crippen LogP contribution in [0.2, 0.25) is 5.02 Å². The molecule has 2 amide bonds. The number of imidazole rings is 1. The summed E-state index contributed by atoms with van der Waals surface area (Å²) < 4.78 is 24.7. The molecule has 0 saturated heterocycles.